The van der Waals surface area contributed by atoms with Crippen molar-refractivity contribution in [2.24, 2.45) is 5.92 Å². The second-order valence-electron chi connectivity index (χ2n) is 3.31. The molecule has 0 unspecified atom stereocenters. The van der Waals surface area contributed by atoms with E-state index in [1.165, 1.54) is 0 Å². The Morgan fingerprint density at radius 2 is 2.00 bits per heavy atom. The second-order valence-corrected chi connectivity index (χ2v) is 3.31. The summed E-state index contributed by atoms with van der Waals surface area (Å²) in [6.45, 7) is 5.14. The first-order valence-electron chi connectivity index (χ1n) is 5.12. The molecule has 2 N–H and O–H groups in total. The smallest absolute Gasteiger partial charge is 0.220 e. The highest BCUT2D eigenvalue weighted by Crippen LogP contribution is 2.05. The van der Waals surface area contributed by atoms with Crippen LogP contribution in [0.15, 0.2) is 0 Å². The van der Waals surface area contributed by atoms with Gasteiger partial charge in [-0.05, 0) is 12.3 Å². The number of hydrogen-bond acceptors (Lipinski definition) is 2. The molecule has 0 heterocycles. The van der Waals surface area contributed by atoms with Crippen LogP contribution in [0, 0.1) is 5.92 Å². The van der Waals surface area contributed by atoms with Crippen LogP contribution in [0.1, 0.15) is 39.5 Å². The molecule has 0 saturated heterocycles. The normalized spacial score (nSPS) is 10.5. The second kappa shape index (κ2) is 8.05. The molecule has 0 radical (unpaired) electrons. The van der Waals surface area contributed by atoms with Crippen molar-refractivity contribution in [3.63, 3.8) is 0 Å². The average molecular weight is 187 g/mol. The van der Waals surface area contributed by atoms with Gasteiger partial charge in [-0.15, -0.1) is 0 Å². The van der Waals surface area contributed by atoms with E-state index >= 15 is 0 Å². The maximum absolute atomic E-state index is 11.1. The van der Waals surface area contributed by atoms with E-state index in [1.807, 2.05) is 0 Å². The zero-order chi connectivity index (χ0) is 10.1. The van der Waals surface area contributed by atoms with Crippen LogP contribution in [0.3, 0.4) is 0 Å². The van der Waals surface area contributed by atoms with Crippen LogP contribution in [-0.2, 0) is 4.79 Å². The molecule has 13 heavy (non-hydrogen) atoms. The molecule has 0 rings (SSSR count). The standard InChI is InChI=1S/C10H21NO2/c1-3-9(4-2)8-11-10(13)6-5-7-12/h9,12H,3-8H2,1-2H3,(H,11,13). The Balaban J connectivity index is 3.44. The number of aliphatic hydroxyl groups is 1. The molecule has 0 aromatic rings. The fourth-order valence-corrected chi connectivity index (χ4v) is 1.16. The fraction of sp³-hybridized carbons (Fsp3) is 0.900. The molecule has 0 aliphatic carbocycles. The minimum absolute atomic E-state index is 0.0564. The van der Waals surface area contributed by atoms with Crippen molar-refractivity contribution in [3.8, 4) is 0 Å². The van der Waals surface area contributed by atoms with Crippen LogP contribution in [-0.4, -0.2) is 24.2 Å². The maximum Gasteiger partial charge on any atom is 0.220 e. The number of hydrogen-bond donors (Lipinski definition) is 2. The third-order valence-electron chi connectivity index (χ3n) is 2.30. The molecule has 0 saturated carbocycles. The molecule has 1 amide bonds. The van der Waals surface area contributed by atoms with Gasteiger partial charge in [0.2, 0.25) is 5.91 Å². The van der Waals surface area contributed by atoms with Crippen LogP contribution in [0.2, 0.25) is 0 Å². The highest BCUT2D eigenvalue weighted by atomic mass is 16.3. The summed E-state index contributed by atoms with van der Waals surface area (Å²) in [7, 11) is 0. The predicted octanol–water partition coefficient (Wildman–Crippen LogP) is 1.31. The number of carbonyl (C=O) groups is 1. The van der Waals surface area contributed by atoms with Crippen molar-refractivity contribution in [1.29, 1.82) is 0 Å². The Bertz CT molecular complexity index is 133. The first-order chi connectivity index (χ1) is 6.24. The molecule has 0 aliphatic rings. The topological polar surface area (TPSA) is 49.3 Å². The van der Waals surface area contributed by atoms with Gasteiger partial charge in [0, 0.05) is 19.6 Å². The SMILES string of the molecule is CCC(CC)CNC(=O)CCCO. The maximum atomic E-state index is 11.1. The average Bonchev–Trinajstić information content (AvgIpc) is 2.16. The summed E-state index contributed by atoms with van der Waals surface area (Å²) in [5.74, 6) is 0.652. The van der Waals surface area contributed by atoms with Gasteiger partial charge in [0.25, 0.3) is 0 Å². The molecule has 0 spiro atoms. The Hall–Kier alpha value is -0.570. The third kappa shape index (κ3) is 6.58. The lowest BCUT2D eigenvalue weighted by atomic mass is 10.0. The van der Waals surface area contributed by atoms with E-state index in [0.717, 1.165) is 19.4 Å². The van der Waals surface area contributed by atoms with Crippen LogP contribution in [0.4, 0.5) is 0 Å². The fourth-order valence-electron chi connectivity index (χ4n) is 1.16. The zero-order valence-electron chi connectivity index (χ0n) is 8.68. The van der Waals surface area contributed by atoms with Gasteiger partial charge in [0.15, 0.2) is 0 Å². The van der Waals surface area contributed by atoms with Crippen molar-refractivity contribution >= 4 is 5.91 Å². The Morgan fingerprint density at radius 1 is 1.38 bits per heavy atom. The molecule has 0 aromatic carbocycles. The van der Waals surface area contributed by atoms with Gasteiger partial charge in [-0.2, -0.15) is 0 Å². The van der Waals surface area contributed by atoms with Gasteiger partial charge < -0.3 is 10.4 Å². The van der Waals surface area contributed by atoms with Crippen molar-refractivity contribution < 1.29 is 9.90 Å². The van der Waals surface area contributed by atoms with E-state index in [2.05, 4.69) is 19.2 Å². The van der Waals surface area contributed by atoms with Crippen molar-refractivity contribution in [1.82, 2.24) is 5.32 Å². The number of carbonyl (C=O) groups excluding carboxylic acids is 1. The number of aliphatic hydroxyl groups excluding tert-OH is 1. The van der Waals surface area contributed by atoms with Gasteiger partial charge in [-0.3, -0.25) is 4.79 Å². The number of nitrogens with one attached hydrogen (secondary N) is 1. The third-order valence-corrected chi connectivity index (χ3v) is 2.30. The zero-order valence-corrected chi connectivity index (χ0v) is 8.68. The summed E-state index contributed by atoms with van der Waals surface area (Å²) >= 11 is 0. The van der Waals surface area contributed by atoms with Gasteiger partial charge in [0.1, 0.15) is 0 Å². The molecule has 0 aliphatic heterocycles. The molecule has 3 heteroatoms. The summed E-state index contributed by atoms with van der Waals surface area (Å²) in [6, 6.07) is 0. The quantitative estimate of drug-likeness (QED) is 0.631. The van der Waals surface area contributed by atoms with E-state index in [-0.39, 0.29) is 12.5 Å². The van der Waals surface area contributed by atoms with E-state index in [4.69, 9.17) is 5.11 Å². The monoisotopic (exact) mass is 187 g/mol. The largest absolute Gasteiger partial charge is 0.396 e. The van der Waals surface area contributed by atoms with Crippen LogP contribution in [0.5, 0.6) is 0 Å². The number of amides is 1. The summed E-state index contributed by atoms with van der Waals surface area (Å²) in [4.78, 5) is 11.1. The summed E-state index contributed by atoms with van der Waals surface area (Å²) < 4.78 is 0. The predicted molar refractivity (Wildman–Crippen MR) is 53.4 cm³/mol. The van der Waals surface area contributed by atoms with Crippen LogP contribution >= 0.6 is 0 Å². The summed E-state index contributed by atoms with van der Waals surface area (Å²) in [5.41, 5.74) is 0. The van der Waals surface area contributed by atoms with E-state index < -0.39 is 0 Å². The Kier molecular flexibility index (Phi) is 7.69. The minimum atomic E-state index is 0.0564. The molecule has 78 valence electrons. The number of rotatable bonds is 7. The lowest BCUT2D eigenvalue weighted by Crippen LogP contribution is -2.28. The molecular weight excluding hydrogens is 166 g/mol. The van der Waals surface area contributed by atoms with Crippen LogP contribution < -0.4 is 5.32 Å². The van der Waals surface area contributed by atoms with Crippen LogP contribution in [0.25, 0.3) is 0 Å². The van der Waals surface area contributed by atoms with Gasteiger partial charge >= 0.3 is 0 Å². The molecular formula is C10H21NO2. The van der Waals surface area contributed by atoms with Gasteiger partial charge in [-0.1, -0.05) is 26.7 Å². The van der Waals surface area contributed by atoms with E-state index in [1.54, 1.807) is 0 Å². The van der Waals surface area contributed by atoms with Gasteiger partial charge in [0.05, 0.1) is 0 Å². The molecule has 0 fully saturated rings. The minimum Gasteiger partial charge on any atom is -0.396 e. The van der Waals surface area contributed by atoms with Gasteiger partial charge in [-0.25, -0.2) is 0 Å². The molecule has 0 aromatic heterocycles. The molecule has 3 nitrogen and oxygen atoms in total. The highest BCUT2D eigenvalue weighted by Gasteiger charge is 2.05. The lowest BCUT2D eigenvalue weighted by molar-refractivity contribution is -0.121. The Labute approximate surface area is 80.5 Å². The molecule has 0 bridgehead atoms. The highest BCUT2D eigenvalue weighted by molar-refractivity contribution is 5.75. The Morgan fingerprint density at radius 3 is 2.46 bits per heavy atom. The summed E-state index contributed by atoms with van der Waals surface area (Å²) in [5, 5.41) is 11.4. The lowest BCUT2D eigenvalue weighted by Gasteiger charge is -2.12. The van der Waals surface area contributed by atoms with Crippen molar-refractivity contribution in [3.05, 3.63) is 0 Å². The van der Waals surface area contributed by atoms with E-state index in [0.29, 0.717) is 18.8 Å². The van der Waals surface area contributed by atoms with E-state index in [9.17, 15) is 4.79 Å². The first kappa shape index (κ1) is 12.4. The molecule has 0 atom stereocenters. The summed E-state index contributed by atoms with van der Waals surface area (Å²) in [6.07, 6.45) is 3.22. The van der Waals surface area contributed by atoms with Crippen molar-refractivity contribution in [2.45, 2.75) is 39.5 Å². The van der Waals surface area contributed by atoms with Crippen molar-refractivity contribution in [2.75, 3.05) is 13.2 Å². The first-order valence-corrected chi connectivity index (χ1v) is 5.12.